The minimum absolute atomic E-state index is 0.124. The molecule has 0 aliphatic rings. The van der Waals surface area contributed by atoms with Crippen LogP contribution in [0.4, 0.5) is 4.39 Å². The lowest BCUT2D eigenvalue weighted by Crippen LogP contribution is -2.39. The molecule has 0 aliphatic heterocycles. The summed E-state index contributed by atoms with van der Waals surface area (Å²) in [5, 5.41) is 10.8. The van der Waals surface area contributed by atoms with Crippen molar-refractivity contribution < 1.29 is 19.1 Å². The van der Waals surface area contributed by atoms with E-state index in [4.69, 9.17) is 5.11 Å². The molecule has 6 heteroatoms. The highest BCUT2D eigenvalue weighted by Gasteiger charge is 2.11. The minimum Gasteiger partial charge on any atom is -0.480 e. The lowest BCUT2D eigenvalue weighted by molar-refractivity contribution is -0.138. The zero-order chi connectivity index (χ0) is 15.0. The summed E-state index contributed by atoms with van der Waals surface area (Å²) in [4.78, 5) is 23.9. The normalized spacial score (nSPS) is 10.6. The first-order chi connectivity index (χ1) is 9.51. The summed E-state index contributed by atoms with van der Waals surface area (Å²) >= 11 is 0. The van der Waals surface area contributed by atoms with Gasteiger partial charge in [-0.1, -0.05) is 19.1 Å². The molecular weight excluding hydrogens is 263 g/mol. The van der Waals surface area contributed by atoms with Gasteiger partial charge in [-0.3, -0.25) is 14.5 Å². The third-order valence-electron chi connectivity index (χ3n) is 2.66. The molecule has 110 valence electrons. The number of carbonyl (C=O) groups excluding carboxylic acids is 1. The molecule has 0 atom stereocenters. The van der Waals surface area contributed by atoms with E-state index in [-0.39, 0.29) is 24.8 Å². The van der Waals surface area contributed by atoms with Gasteiger partial charge in [-0.15, -0.1) is 0 Å². The van der Waals surface area contributed by atoms with E-state index in [2.05, 4.69) is 5.32 Å². The number of rotatable bonds is 8. The number of carbonyl (C=O) groups is 2. The topological polar surface area (TPSA) is 69.6 Å². The molecule has 1 aromatic carbocycles. The minimum atomic E-state index is -1.07. The summed E-state index contributed by atoms with van der Waals surface area (Å²) in [6.07, 6.45) is 0.868. The van der Waals surface area contributed by atoms with Gasteiger partial charge >= 0.3 is 5.97 Å². The average Bonchev–Trinajstić information content (AvgIpc) is 2.39. The van der Waals surface area contributed by atoms with E-state index in [1.807, 2.05) is 11.8 Å². The van der Waals surface area contributed by atoms with Gasteiger partial charge in [0.15, 0.2) is 0 Å². The molecule has 5 nitrogen and oxygen atoms in total. The highest BCUT2D eigenvalue weighted by molar-refractivity contribution is 5.82. The smallest absolute Gasteiger partial charge is 0.322 e. The van der Waals surface area contributed by atoms with Crippen molar-refractivity contribution in [1.82, 2.24) is 10.2 Å². The molecule has 0 unspecified atom stereocenters. The molecular formula is C14H19FN2O3. The van der Waals surface area contributed by atoms with Gasteiger partial charge in [-0.2, -0.15) is 0 Å². The quantitative estimate of drug-likeness (QED) is 0.752. The Hall–Kier alpha value is -1.95. The van der Waals surface area contributed by atoms with Gasteiger partial charge in [-0.05, 0) is 30.7 Å². The van der Waals surface area contributed by atoms with E-state index in [1.54, 1.807) is 12.1 Å². The lowest BCUT2D eigenvalue weighted by Gasteiger charge is -2.21. The number of hydrogen-bond donors (Lipinski definition) is 2. The summed E-state index contributed by atoms with van der Waals surface area (Å²) in [5.41, 5.74) is 0.908. The molecule has 0 saturated heterocycles. The molecule has 0 radical (unpaired) electrons. The molecule has 0 aromatic heterocycles. The summed E-state index contributed by atoms with van der Waals surface area (Å²) in [5.74, 6) is -1.70. The predicted molar refractivity (Wildman–Crippen MR) is 72.6 cm³/mol. The van der Waals surface area contributed by atoms with Crippen molar-refractivity contribution in [3.05, 3.63) is 35.6 Å². The second-order valence-electron chi connectivity index (χ2n) is 4.51. The number of halogens is 1. The Morgan fingerprint density at radius 2 is 1.95 bits per heavy atom. The van der Waals surface area contributed by atoms with Crippen molar-refractivity contribution in [2.24, 2.45) is 0 Å². The standard InChI is InChI=1S/C14H19FN2O3/c1-2-7-17(10-13(18)16-8-14(19)20)9-11-3-5-12(15)6-4-11/h3-6H,2,7-10H2,1H3,(H,16,18)(H,19,20). The predicted octanol–water partition coefficient (Wildman–Crippen LogP) is 1.24. The van der Waals surface area contributed by atoms with Crippen LogP contribution in [0.25, 0.3) is 0 Å². The highest BCUT2D eigenvalue weighted by Crippen LogP contribution is 2.07. The summed E-state index contributed by atoms with van der Waals surface area (Å²) < 4.78 is 12.8. The first-order valence-electron chi connectivity index (χ1n) is 6.46. The monoisotopic (exact) mass is 282 g/mol. The molecule has 0 spiro atoms. The van der Waals surface area contributed by atoms with E-state index in [1.165, 1.54) is 12.1 Å². The molecule has 0 aliphatic carbocycles. The van der Waals surface area contributed by atoms with E-state index < -0.39 is 5.97 Å². The fraction of sp³-hybridized carbons (Fsp3) is 0.429. The van der Waals surface area contributed by atoms with Crippen molar-refractivity contribution in [3.8, 4) is 0 Å². The van der Waals surface area contributed by atoms with E-state index in [9.17, 15) is 14.0 Å². The molecule has 0 fully saturated rings. The number of nitrogens with one attached hydrogen (secondary N) is 1. The van der Waals surface area contributed by atoms with Gasteiger partial charge in [0, 0.05) is 6.54 Å². The number of benzene rings is 1. The van der Waals surface area contributed by atoms with E-state index >= 15 is 0 Å². The van der Waals surface area contributed by atoms with Gasteiger partial charge in [0.1, 0.15) is 12.4 Å². The lowest BCUT2D eigenvalue weighted by atomic mass is 10.2. The Balaban J connectivity index is 2.53. The van der Waals surface area contributed by atoms with Crippen molar-refractivity contribution in [1.29, 1.82) is 0 Å². The molecule has 0 heterocycles. The van der Waals surface area contributed by atoms with Crippen molar-refractivity contribution in [3.63, 3.8) is 0 Å². The van der Waals surface area contributed by atoms with Crippen LogP contribution in [0.3, 0.4) is 0 Å². The first kappa shape index (κ1) is 16.1. The van der Waals surface area contributed by atoms with Crippen LogP contribution in [-0.4, -0.2) is 41.5 Å². The zero-order valence-corrected chi connectivity index (χ0v) is 11.4. The Morgan fingerprint density at radius 1 is 1.30 bits per heavy atom. The number of aliphatic carboxylic acids is 1. The number of carboxylic acid groups (broad SMARTS) is 1. The van der Waals surface area contributed by atoms with Crippen LogP contribution in [0.1, 0.15) is 18.9 Å². The van der Waals surface area contributed by atoms with Crippen LogP contribution in [-0.2, 0) is 16.1 Å². The maximum Gasteiger partial charge on any atom is 0.322 e. The molecule has 1 rings (SSSR count). The maximum absolute atomic E-state index is 12.8. The molecule has 2 N–H and O–H groups in total. The van der Waals surface area contributed by atoms with Crippen LogP contribution in [0.15, 0.2) is 24.3 Å². The summed E-state index contributed by atoms with van der Waals surface area (Å²) in [6, 6.07) is 6.11. The van der Waals surface area contributed by atoms with Gasteiger partial charge in [0.2, 0.25) is 5.91 Å². The molecule has 0 bridgehead atoms. The molecule has 0 saturated carbocycles. The number of carboxylic acids is 1. The third kappa shape index (κ3) is 6.29. The average molecular weight is 282 g/mol. The number of nitrogens with zero attached hydrogens (tertiary/aromatic N) is 1. The van der Waals surface area contributed by atoms with Crippen LogP contribution in [0.5, 0.6) is 0 Å². The largest absolute Gasteiger partial charge is 0.480 e. The van der Waals surface area contributed by atoms with E-state index in [0.29, 0.717) is 13.1 Å². The highest BCUT2D eigenvalue weighted by atomic mass is 19.1. The Labute approximate surface area is 117 Å². The van der Waals surface area contributed by atoms with Gasteiger partial charge < -0.3 is 10.4 Å². The fourth-order valence-corrected chi connectivity index (χ4v) is 1.81. The second-order valence-corrected chi connectivity index (χ2v) is 4.51. The molecule has 1 aromatic rings. The van der Waals surface area contributed by atoms with Gasteiger partial charge in [0.25, 0.3) is 0 Å². The molecule has 1 amide bonds. The summed E-state index contributed by atoms with van der Waals surface area (Å²) in [7, 11) is 0. The van der Waals surface area contributed by atoms with Crippen LogP contribution < -0.4 is 5.32 Å². The maximum atomic E-state index is 12.8. The van der Waals surface area contributed by atoms with Crippen LogP contribution >= 0.6 is 0 Å². The fourth-order valence-electron chi connectivity index (χ4n) is 1.81. The zero-order valence-electron chi connectivity index (χ0n) is 11.4. The molecule has 20 heavy (non-hydrogen) atoms. The van der Waals surface area contributed by atoms with Crippen LogP contribution in [0, 0.1) is 5.82 Å². The Bertz CT molecular complexity index is 448. The third-order valence-corrected chi connectivity index (χ3v) is 2.66. The Morgan fingerprint density at radius 3 is 2.50 bits per heavy atom. The number of amides is 1. The summed E-state index contributed by atoms with van der Waals surface area (Å²) in [6.45, 7) is 2.97. The SMILES string of the molecule is CCCN(CC(=O)NCC(=O)O)Cc1ccc(F)cc1. The van der Waals surface area contributed by atoms with Gasteiger partial charge in [-0.25, -0.2) is 4.39 Å². The van der Waals surface area contributed by atoms with Crippen LogP contribution in [0.2, 0.25) is 0 Å². The Kier molecular flexibility index (Phi) is 6.66. The number of hydrogen-bond acceptors (Lipinski definition) is 3. The van der Waals surface area contributed by atoms with E-state index in [0.717, 1.165) is 12.0 Å². The van der Waals surface area contributed by atoms with Crippen molar-refractivity contribution >= 4 is 11.9 Å². The van der Waals surface area contributed by atoms with Crippen molar-refractivity contribution in [2.75, 3.05) is 19.6 Å². The first-order valence-corrected chi connectivity index (χ1v) is 6.46. The second kappa shape index (κ2) is 8.27. The van der Waals surface area contributed by atoms with Gasteiger partial charge in [0.05, 0.1) is 6.54 Å². The van der Waals surface area contributed by atoms with Crippen molar-refractivity contribution in [2.45, 2.75) is 19.9 Å².